The molecule has 0 bridgehead atoms. The lowest BCUT2D eigenvalue weighted by molar-refractivity contribution is 0.135. The van der Waals surface area contributed by atoms with E-state index in [1.807, 2.05) is 0 Å². The van der Waals surface area contributed by atoms with E-state index in [1.54, 1.807) is 0 Å². The molecule has 1 fully saturated rings. The van der Waals surface area contributed by atoms with Crippen LogP contribution in [0.1, 0.15) is 13.3 Å². The van der Waals surface area contributed by atoms with Crippen molar-refractivity contribution in [2.75, 3.05) is 13.2 Å². The first-order valence-corrected chi connectivity index (χ1v) is 3.06. The molecule has 52 valence electrons. The van der Waals surface area contributed by atoms with Crippen molar-refractivity contribution in [3.8, 4) is 0 Å². The molecule has 0 aromatic rings. The Hall–Kier alpha value is -0.570. The summed E-state index contributed by atoms with van der Waals surface area (Å²) in [5, 5.41) is 8.65. The maximum atomic E-state index is 8.65. The summed E-state index contributed by atoms with van der Waals surface area (Å²) in [5.74, 6) is 0.0329. The fourth-order valence-corrected chi connectivity index (χ4v) is 0.847. The van der Waals surface area contributed by atoms with E-state index < -0.39 is 0 Å². The minimum atomic E-state index is 0.0329. The van der Waals surface area contributed by atoms with Gasteiger partial charge in [0.1, 0.15) is 6.10 Å². The lowest BCUT2D eigenvalue weighted by Crippen LogP contribution is -2.14. The second kappa shape index (κ2) is 2.82. The molecule has 0 unspecified atom stereocenters. The Labute approximate surface area is 54.5 Å². The van der Waals surface area contributed by atoms with E-state index in [2.05, 4.69) is 0 Å². The molecule has 1 aliphatic heterocycles. The zero-order valence-corrected chi connectivity index (χ0v) is 5.46. The highest BCUT2D eigenvalue weighted by atomic mass is 16.5. The zero-order valence-electron chi connectivity index (χ0n) is 5.46. The van der Waals surface area contributed by atoms with E-state index in [9.17, 15) is 0 Å². The van der Waals surface area contributed by atoms with Crippen LogP contribution in [0.2, 0.25) is 0 Å². The quantitative estimate of drug-likeness (QED) is 0.386. The highest BCUT2D eigenvalue weighted by Crippen LogP contribution is 2.07. The minimum absolute atomic E-state index is 0.0329. The highest BCUT2D eigenvalue weighted by molar-refractivity contribution is 5.76. The molecule has 3 heteroatoms. The molecule has 0 aliphatic carbocycles. The van der Waals surface area contributed by atoms with Crippen LogP contribution >= 0.6 is 0 Å². The van der Waals surface area contributed by atoms with Crippen LogP contribution in [-0.4, -0.2) is 25.2 Å². The largest absolute Gasteiger partial charge is 0.776 e. The van der Waals surface area contributed by atoms with Crippen LogP contribution in [0, 0.1) is 0 Å². The second-order valence-corrected chi connectivity index (χ2v) is 2.12. The van der Waals surface area contributed by atoms with Crippen molar-refractivity contribution in [2.45, 2.75) is 19.4 Å². The number of ether oxygens (including phenoxy) is 2. The summed E-state index contributed by atoms with van der Waals surface area (Å²) in [6, 6.07) is 0. The Bertz CT molecular complexity index is 108. The number of nitrogens with zero attached hydrogens (tertiary/aromatic N) is 1. The summed E-state index contributed by atoms with van der Waals surface area (Å²) in [5.41, 5.74) is 0. The van der Waals surface area contributed by atoms with Gasteiger partial charge in [-0.05, 0) is 12.8 Å². The molecule has 0 radical (unpaired) electrons. The Balaban J connectivity index is 2.19. The predicted octanol–water partition coefficient (Wildman–Crippen LogP) is 0.780. The highest BCUT2D eigenvalue weighted by Gasteiger charge is 2.14. The average molecular weight is 128 g/mol. The molecule has 1 aliphatic rings. The van der Waals surface area contributed by atoms with Crippen molar-refractivity contribution in [1.82, 2.24) is 0 Å². The molecule has 1 atom stereocenters. The molecule has 3 nitrogen and oxygen atoms in total. The van der Waals surface area contributed by atoms with E-state index >= 15 is 0 Å². The molecule has 1 rings (SSSR count). The Morgan fingerprint density at radius 3 is 3.00 bits per heavy atom. The lowest BCUT2D eigenvalue weighted by atomic mass is 10.3. The standard InChI is InChI=1S/C6H10NO2/c1-5(7)9-6-2-3-8-4-6/h6H,2-4H2,1H3/q-1/t6-/m1/s1. The van der Waals surface area contributed by atoms with Gasteiger partial charge >= 0.3 is 0 Å². The van der Waals surface area contributed by atoms with Crippen molar-refractivity contribution in [3.63, 3.8) is 0 Å². The van der Waals surface area contributed by atoms with Crippen LogP contribution in [-0.2, 0) is 9.47 Å². The van der Waals surface area contributed by atoms with E-state index in [-0.39, 0.29) is 12.0 Å². The molecule has 0 aromatic carbocycles. The van der Waals surface area contributed by atoms with Gasteiger partial charge in [-0.25, -0.2) is 0 Å². The van der Waals surface area contributed by atoms with Crippen LogP contribution in [0.25, 0.3) is 5.41 Å². The fourth-order valence-electron chi connectivity index (χ4n) is 0.847. The first kappa shape index (κ1) is 6.55. The Morgan fingerprint density at radius 1 is 1.78 bits per heavy atom. The summed E-state index contributed by atoms with van der Waals surface area (Å²) in [7, 11) is 0. The SMILES string of the molecule is CC(=[N-])O[C@@H]1CCOC1. The molecule has 9 heavy (non-hydrogen) atoms. The molecular formula is C6H10NO2-. The van der Waals surface area contributed by atoms with E-state index in [4.69, 9.17) is 14.9 Å². The molecule has 0 saturated carbocycles. The summed E-state index contributed by atoms with van der Waals surface area (Å²) in [6.45, 7) is 2.88. The normalized spacial score (nSPS) is 26.1. The van der Waals surface area contributed by atoms with Crippen LogP contribution in [0.5, 0.6) is 0 Å². The number of hydrogen-bond donors (Lipinski definition) is 0. The molecule has 0 aromatic heterocycles. The van der Waals surface area contributed by atoms with Crippen LogP contribution in [0.15, 0.2) is 0 Å². The summed E-state index contributed by atoms with van der Waals surface area (Å²) in [6.07, 6.45) is 0.966. The molecule has 1 heterocycles. The third kappa shape index (κ3) is 2.01. The van der Waals surface area contributed by atoms with Crippen LogP contribution in [0.4, 0.5) is 0 Å². The number of hydrogen-bond acceptors (Lipinski definition) is 2. The first-order valence-electron chi connectivity index (χ1n) is 3.06. The topological polar surface area (TPSA) is 40.8 Å². The van der Waals surface area contributed by atoms with Gasteiger partial charge in [-0.1, -0.05) is 0 Å². The van der Waals surface area contributed by atoms with E-state index in [0.29, 0.717) is 6.61 Å². The van der Waals surface area contributed by atoms with Gasteiger partial charge in [0.15, 0.2) is 0 Å². The predicted molar refractivity (Wildman–Crippen MR) is 34.3 cm³/mol. The van der Waals surface area contributed by atoms with Crippen molar-refractivity contribution >= 4 is 5.90 Å². The summed E-state index contributed by atoms with van der Waals surface area (Å²) < 4.78 is 9.97. The molecular weight excluding hydrogens is 118 g/mol. The Morgan fingerprint density at radius 2 is 2.56 bits per heavy atom. The third-order valence-electron chi connectivity index (χ3n) is 1.23. The Kier molecular flexibility index (Phi) is 2.05. The fraction of sp³-hybridized carbons (Fsp3) is 0.833. The average Bonchev–Trinajstić information content (AvgIpc) is 2.15. The molecule has 0 N–H and O–H groups in total. The first-order chi connectivity index (χ1) is 4.29. The minimum Gasteiger partial charge on any atom is -0.776 e. The van der Waals surface area contributed by atoms with Crippen LogP contribution in [0.3, 0.4) is 0 Å². The van der Waals surface area contributed by atoms with Gasteiger partial charge in [0.25, 0.3) is 0 Å². The van der Waals surface area contributed by atoms with Gasteiger partial charge in [0, 0.05) is 6.42 Å². The molecule has 0 spiro atoms. The maximum Gasteiger partial charge on any atom is 0.121 e. The van der Waals surface area contributed by atoms with Gasteiger partial charge in [0.2, 0.25) is 0 Å². The summed E-state index contributed by atoms with van der Waals surface area (Å²) >= 11 is 0. The zero-order chi connectivity index (χ0) is 6.69. The number of rotatable bonds is 1. The van der Waals surface area contributed by atoms with Gasteiger partial charge in [0.05, 0.1) is 13.2 Å². The van der Waals surface area contributed by atoms with Gasteiger partial charge in [-0.3, -0.25) is 0 Å². The van der Waals surface area contributed by atoms with E-state index in [1.165, 1.54) is 6.92 Å². The van der Waals surface area contributed by atoms with Crippen molar-refractivity contribution in [3.05, 3.63) is 5.41 Å². The van der Waals surface area contributed by atoms with Gasteiger partial charge in [-0.15, -0.1) is 0 Å². The van der Waals surface area contributed by atoms with Crippen molar-refractivity contribution in [1.29, 1.82) is 0 Å². The van der Waals surface area contributed by atoms with Crippen molar-refractivity contribution in [2.24, 2.45) is 0 Å². The molecule has 1 saturated heterocycles. The van der Waals surface area contributed by atoms with Gasteiger partial charge < -0.3 is 14.9 Å². The maximum absolute atomic E-state index is 8.65. The summed E-state index contributed by atoms with van der Waals surface area (Å²) in [4.78, 5) is 0. The second-order valence-electron chi connectivity index (χ2n) is 2.12. The lowest BCUT2D eigenvalue weighted by Gasteiger charge is -2.14. The smallest absolute Gasteiger partial charge is 0.121 e. The molecule has 0 amide bonds. The van der Waals surface area contributed by atoms with Crippen LogP contribution < -0.4 is 0 Å². The van der Waals surface area contributed by atoms with E-state index in [0.717, 1.165) is 13.0 Å². The van der Waals surface area contributed by atoms with Gasteiger partial charge in [-0.2, -0.15) is 0 Å². The third-order valence-corrected chi connectivity index (χ3v) is 1.23. The monoisotopic (exact) mass is 128 g/mol. The van der Waals surface area contributed by atoms with Crippen molar-refractivity contribution < 1.29 is 9.47 Å².